The maximum Gasteiger partial charge on any atom is 0.104 e. The molecule has 0 aromatic rings. The lowest BCUT2D eigenvalue weighted by molar-refractivity contribution is -0.156. The van der Waals surface area contributed by atoms with E-state index in [1.54, 1.807) is 0 Å². The second-order valence-electron chi connectivity index (χ2n) is 3.08. The lowest BCUT2D eigenvalue weighted by Gasteiger charge is -2.12. The molecule has 0 bridgehead atoms. The molecule has 0 aromatic carbocycles. The van der Waals surface area contributed by atoms with Gasteiger partial charge in [0.05, 0.1) is 6.61 Å². The van der Waals surface area contributed by atoms with Gasteiger partial charge < -0.3 is 5.11 Å². The first-order valence-electron chi connectivity index (χ1n) is 3.94. The van der Waals surface area contributed by atoms with Crippen molar-refractivity contribution < 1.29 is 9.94 Å². The third kappa shape index (κ3) is 0.944. The summed E-state index contributed by atoms with van der Waals surface area (Å²) >= 11 is 0. The molecule has 0 aliphatic carbocycles. The molecular formula is C7H13NO2. The Balaban J connectivity index is 1.94. The second kappa shape index (κ2) is 2.49. The van der Waals surface area contributed by atoms with Crippen LogP contribution < -0.4 is 0 Å². The van der Waals surface area contributed by atoms with Crippen LogP contribution in [0.15, 0.2) is 0 Å². The van der Waals surface area contributed by atoms with Crippen LogP contribution in [0.5, 0.6) is 0 Å². The van der Waals surface area contributed by atoms with Crippen molar-refractivity contribution >= 4 is 0 Å². The van der Waals surface area contributed by atoms with E-state index in [1.165, 1.54) is 12.8 Å². The van der Waals surface area contributed by atoms with E-state index in [2.05, 4.69) is 0 Å². The van der Waals surface area contributed by atoms with Crippen molar-refractivity contribution in [3.63, 3.8) is 0 Å². The Bertz CT molecular complexity index is 117. The molecular weight excluding hydrogens is 130 g/mol. The molecule has 0 saturated carbocycles. The van der Waals surface area contributed by atoms with Gasteiger partial charge in [0.1, 0.15) is 6.10 Å². The molecule has 2 atom stereocenters. The first-order chi connectivity index (χ1) is 4.90. The van der Waals surface area contributed by atoms with Gasteiger partial charge in [-0.15, -0.1) is 0 Å². The Morgan fingerprint density at radius 2 is 2.50 bits per heavy atom. The monoisotopic (exact) mass is 143 g/mol. The Labute approximate surface area is 60.5 Å². The minimum atomic E-state index is 0.0882. The van der Waals surface area contributed by atoms with Crippen molar-refractivity contribution in [1.29, 1.82) is 0 Å². The summed E-state index contributed by atoms with van der Waals surface area (Å²) in [6.45, 7) is 1.23. The number of rotatable bonds is 1. The smallest absolute Gasteiger partial charge is 0.104 e. The number of hydrogen-bond donors (Lipinski definition) is 1. The quantitative estimate of drug-likeness (QED) is 0.567. The zero-order valence-corrected chi connectivity index (χ0v) is 5.99. The van der Waals surface area contributed by atoms with E-state index in [4.69, 9.17) is 9.94 Å². The number of fused-ring (bicyclic) bond motifs is 1. The van der Waals surface area contributed by atoms with Gasteiger partial charge in [0.15, 0.2) is 0 Å². The topological polar surface area (TPSA) is 32.7 Å². The standard InChI is InChI=1S/C7H13NO2/c9-5-7-4-6-2-1-3-8(6)10-7/h6-7,9H,1-5H2/t6-,7-/m1/s1. The fourth-order valence-corrected chi connectivity index (χ4v) is 1.83. The molecule has 3 nitrogen and oxygen atoms in total. The average Bonchev–Trinajstić information content (AvgIpc) is 2.42. The summed E-state index contributed by atoms with van der Waals surface area (Å²) in [5, 5.41) is 10.8. The minimum absolute atomic E-state index is 0.0882. The Morgan fingerprint density at radius 3 is 3.20 bits per heavy atom. The van der Waals surface area contributed by atoms with Gasteiger partial charge in [0.25, 0.3) is 0 Å². The number of aliphatic hydroxyl groups is 1. The van der Waals surface area contributed by atoms with Crippen molar-refractivity contribution in [2.24, 2.45) is 0 Å². The van der Waals surface area contributed by atoms with Crippen molar-refractivity contribution in [2.45, 2.75) is 31.4 Å². The van der Waals surface area contributed by atoms with E-state index in [0.717, 1.165) is 13.0 Å². The lowest BCUT2D eigenvalue weighted by Crippen LogP contribution is -2.21. The van der Waals surface area contributed by atoms with Crippen LogP contribution in [0.2, 0.25) is 0 Å². The highest BCUT2D eigenvalue weighted by Gasteiger charge is 2.35. The first kappa shape index (κ1) is 6.58. The number of hydrogen-bond acceptors (Lipinski definition) is 3. The van der Waals surface area contributed by atoms with E-state index in [-0.39, 0.29) is 12.7 Å². The highest BCUT2D eigenvalue weighted by atomic mass is 16.7. The fraction of sp³-hybridized carbons (Fsp3) is 1.00. The molecule has 2 aliphatic rings. The maximum absolute atomic E-state index is 8.77. The summed E-state index contributed by atoms with van der Waals surface area (Å²) in [6, 6.07) is 0.608. The summed E-state index contributed by atoms with van der Waals surface area (Å²) in [5.74, 6) is 0. The molecule has 0 aromatic heterocycles. The van der Waals surface area contributed by atoms with Crippen molar-refractivity contribution in [2.75, 3.05) is 13.2 Å². The van der Waals surface area contributed by atoms with Gasteiger partial charge in [-0.2, -0.15) is 5.06 Å². The molecule has 3 heteroatoms. The number of aliphatic hydroxyl groups excluding tert-OH is 1. The Morgan fingerprint density at radius 1 is 1.60 bits per heavy atom. The van der Waals surface area contributed by atoms with E-state index in [0.29, 0.717) is 6.04 Å². The molecule has 2 heterocycles. The largest absolute Gasteiger partial charge is 0.394 e. The van der Waals surface area contributed by atoms with Gasteiger partial charge in [-0.25, -0.2) is 0 Å². The van der Waals surface area contributed by atoms with E-state index in [1.807, 2.05) is 5.06 Å². The van der Waals surface area contributed by atoms with Crippen molar-refractivity contribution in [3.8, 4) is 0 Å². The third-order valence-electron chi connectivity index (χ3n) is 2.35. The van der Waals surface area contributed by atoms with E-state index >= 15 is 0 Å². The summed E-state index contributed by atoms with van der Waals surface area (Å²) in [6.07, 6.45) is 3.61. The van der Waals surface area contributed by atoms with Gasteiger partial charge in [-0.3, -0.25) is 4.84 Å². The van der Waals surface area contributed by atoms with Crippen LogP contribution in [0.3, 0.4) is 0 Å². The molecule has 0 radical (unpaired) electrons. The highest BCUT2D eigenvalue weighted by molar-refractivity contribution is 4.82. The molecule has 1 N–H and O–H groups in total. The zero-order chi connectivity index (χ0) is 6.97. The summed E-state index contributed by atoms with van der Waals surface area (Å²) in [5.41, 5.74) is 0. The predicted molar refractivity (Wildman–Crippen MR) is 36.3 cm³/mol. The molecule has 0 amide bonds. The van der Waals surface area contributed by atoms with Crippen molar-refractivity contribution in [1.82, 2.24) is 5.06 Å². The summed E-state index contributed by atoms with van der Waals surface area (Å²) < 4.78 is 0. The number of nitrogens with zero attached hydrogens (tertiary/aromatic N) is 1. The van der Waals surface area contributed by atoms with E-state index < -0.39 is 0 Å². The van der Waals surface area contributed by atoms with Crippen LogP contribution in [0.4, 0.5) is 0 Å². The van der Waals surface area contributed by atoms with Crippen LogP contribution in [-0.4, -0.2) is 35.5 Å². The SMILES string of the molecule is OC[C@H]1C[C@H]2CCCN2O1. The predicted octanol–water partition coefficient (Wildman–Crippen LogP) is 0.147. The van der Waals surface area contributed by atoms with Crippen LogP contribution in [0.1, 0.15) is 19.3 Å². The summed E-state index contributed by atoms with van der Waals surface area (Å²) in [4.78, 5) is 5.42. The molecule has 2 aliphatic heterocycles. The molecule has 0 spiro atoms. The molecule has 58 valence electrons. The molecule has 0 unspecified atom stereocenters. The maximum atomic E-state index is 8.77. The van der Waals surface area contributed by atoms with Crippen LogP contribution in [0, 0.1) is 0 Å². The molecule has 2 fully saturated rings. The summed E-state index contributed by atoms with van der Waals surface area (Å²) in [7, 11) is 0. The average molecular weight is 143 g/mol. The minimum Gasteiger partial charge on any atom is -0.394 e. The second-order valence-corrected chi connectivity index (χ2v) is 3.08. The Kier molecular flexibility index (Phi) is 1.64. The third-order valence-corrected chi connectivity index (χ3v) is 2.35. The van der Waals surface area contributed by atoms with Gasteiger partial charge >= 0.3 is 0 Å². The zero-order valence-electron chi connectivity index (χ0n) is 5.99. The van der Waals surface area contributed by atoms with Crippen LogP contribution in [0.25, 0.3) is 0 Å². The molecule has 2 saturated heterocycles. The normalized spacial score (nSPS) is 40.5. The highest BCUT2D eigenvalue weighted by Crippen LogP contribution is 2.29. The Hall–Kier alpha value is -0.120. The lowest BCUT2D eigenvalue weighted by atomic mass is 10.1. The first-order valence-corrected chi connectivity index (χ1v) is 3.94. The molecule has 10 heavy (non-hydrogen) atoms. The fourth-order valence-electron chi connectivity index (χ4n) is 1.83. The van der Waals surface area contributed by atoms with Crippen LogP contribution in [-0.2, 0) is 4.84 Å². The number of hydroxylamine groups is 2. The van der Waals surface area contributed by atoms with E-state index in [9.17, 15) is 0 Å². The van der Waals surface area contributed by atoms with Gasteiger partial charge in [0, 0.05) is 12.6 Å². The van der Waals surface area contributed by atoms with Crippen LogP contribution >= 0.6 is 0 Å². The van der Waals surface area contributed by atoms with Gasteiger partial charge in [-0.05, 0) is 19.3 Å². The van der Waals surface area contributed by atoms with Gasteiger partial charge in [0.2, 0.25) is 0 Å². The molecule has 2 rings (SSSR count). The van der Waals surface area contributed by atoms with Crippen molar-refractivity contribution in [3.05, 3.63) is 0 Å². The van der Waals surface area contributed by atoms with Gasteiger partial charge in [-0.1, -0.05) is 0 Å².